The third-order valence-electron chi connectivity index (χ3n) is 0.163. The Hall–Kier alpha value is 0.325. The molecular formula is H3BO3S2. The molecule has 0 aromatic carbocycles. The monoisotopic (exact) mass is 126 g/mol. The second-order valence-corrected chi connectivity index (χ2v) is 2.91. The molecule has 0 saturated carbocycles. The van der Waals surface area contributed by atoms with Crippen LogP contribution in [0.1, 0.15) is 0 Å². The van der Waals surface area contributed by atoms with Crippen molar-refractivity contribution in [3.05, 3.63) is 0 Å². The van der Waals surface area contributed by atoms with Gasteiger partial charge in [-0.3, -0.25) is 4.55 Å². The van der Waals surface area contributed by atoms with Gasteiger partial charge in [-0.1, -0.05) is 0 Å². The standard InChI is InChI=1S/BH3O3S2/c2-6(3,4)1-5/h1,5H,(H,2,3,4). The van der Waals surface area contributed by atoms with E-state index in [9.17, 15) is 8.42 Å². The molecule has 0 heterocycles. The van der Waals surface area contributed by atoms with Gasteiger partial charge in [0, 0.05) is 0 Å². The van der Waals surface area contributed by atoms with Gasteiger partial charge in [-0.05, 0) is 0 Å². The number of hydrogen-bond donors (Lipinski definition) is 2. The third kappa shape index (κ3) is 4.32. The first-order valence-corrected chi connectivity index (χ1v) is 3.36. The summed E-state index contributed by atoms with van der Waals surface area (Å²) in [5.41, 5.74) is 0. The van der Waals surface area contributed by atoms with Gasteiger partial charge in [-0.25, -0.2) is 20.9 Å². The lowest BCUT2D eigenvalue weighted by Crippen LogP contribution is -2.00. The van der Waals surface area contributed by atoms with Crippen molar-refractivity contribution in [2.45, 2.75) is 0 Å². The second kappa shape index (κ2) is 1.86. The summed E-state index contributed by atoms with van der Waals surface area (Å²) in [6.45, 7) is 0. The minimum Gasteiger partial charge on any atom is -0.294 e. The summed E-state index contributed by atoms with van der Waals surface area (Å²) in [6.07, 6.45) is 0. The van der Waals surface area contributed by atoms with Gasteiger partial charge in [-0.2, -0.15) is 0 Å². The molecule has 0 bridgehead atoms. The lowest BCUT2D eigenvalue weighted by atomic mass is 10.7. The maximum Gasteiger partial charge on any atom is 0.369 e. The highest BCUT2D eigenvalue weighted by molar-refractivity contribution is 8.38. The molecule has 0 amide bonds. The van der Waals surface area contributed by atoms with E-state index in [4.69, 9.17) is 4.55 Å². The van der Waals surface area contributed by atoms with Gasteiger partial charge >= 0.3 is 5.84 Å². The Morgan fingerprint density at radius 3 is 1.83 bits per heavy atom. The van der Waals surface area contributed by atoms with Gasteiger partial charge in [0.15, 0.2) is 0 Å². The predicted octanol–water partition coefficient (Wildman–Crippen LogP) is -0.929. The topological polar surface area (TPSA) is 54.4 Å². The molecule has 0 spiro atoms. The van der Waals surface area contributed by atoms with E-state index in [0.717, 1.165) is 0 Å². The van der Waals surface area contributed by atoms with E-state index in [2.05, 4.69) is 12.5 Å². The van der Waals surface area contributed by atoms with E-state index in [1.54, 1.807) is 0 Å². The minimum atomic E-state index is -3.80. The molecule has 0 aromatic heterocycles. The Morgan fingerprint density at radius 1 is 1.67 bits per heavy atom. The third-order valence-corrected chi connectivity index (χ3v) is 1.47. The van der Waals surface area contributed by atoms with Crippen LogP contribution in [0.15, 0.2) is 0 Å². The molecular weight excluding hydrogens is 123 g/mol. The molecule has 3 nitrogen and oxygen atoms in total. The smallest absolute Gasteiger partial charge is 0.294 e. The van der Waals surface area contributed by atoms with Crippen molar-refractivity contribution < 1.29 is 13.0 Å². The number of hydrogen-bond acceptors (Lipinski definition) is 3. The summed E-state index contributed by atoms with van der Waals surface area (Å²) >= 11 is 3.26. The SMILES string of the molecule is O=S(=O)(O)BS. The molecule has 0 aliphatic heterocycles. The van der Waals surface area contributed by atoms with E-state index in [1.165, 1.54) is 0 Å². The molecule has 0 atom stereocenters. The van der Waals surface area contributed by atoms with Gasteiger partial charge in [0.25, 0.3) is 0 Å². The number of rotatable bonds is 1. The van der Waals surface area contributed by atoms with Crippen LogP contribution >= 0.6 is 12.5 Å². The van der Waals surface area contributed by atoms with Crippen LogP contribution in [0, 0.1) is 0 Å². The van der Waals surface area contributed by atoms with Crippen molar-refractivity contribution in [3.63, 3.8) is 0 Å². The predicted molar refractivity (Wildman–Crippen MR) is 27.7 cm³/mol. The maximum absolute atomic E-state index is 9.48. The summed E-state index contributed by atoms with van der Waals surface area (Å²) in [6, 6.07) is 0. The average molecular weight is 126 g/mol. The van der Waals surface area contributed by atoms with Gasteiger partial charge < -0.3 is 0 Å². The molecule has 0 aliphatic carbocycles. The van der Waals surface area contributed by atoms with Crippen molar-refractivity contribution >= 4 is 28.3 Å². The van der Waals surface area contributed by atoms with E-state index < -0.39 is 15.8 Å². The van der Waals surface area contributed by atoms with Gasteiger partial charge in [-0.15, -0.1) is 0 Å². The molecule has 36 valence electrons. The van der Waals surface area contributed by atoms with Crippen LogP contribution in [0.2, 0.25) is 0 Å². The van der Waals surface area contributed by atoms with Crippen molar-refractivity contribution in [2.24, 2.45) is 0 Å². The van der Waals surface area contributed by atoms with Gasteiger partial charge in [0.2, 0.25) is 9.97 Å². The van der Waals surface area contributed by atoms with Crippen LogP contribution < -0.4 is 0 Å². The minimum absolute atomic E-state index is 0.507. The summed E-state index contributed by atoms with van der Waals surface area (Å²) in [4.78, 5) is 0. The largest absolute Gasteiger partial charge is 0.369 e. The zero-order valence-electron chi connectivity index (χ0n) is 2.83. The van der Waals surface area contributed by atoms with Crippen molar-refractivity contribution in [1.29, 1.82) is 0 Å². The van der Waals surface area contributed by atoms with Crippen molar-refractivity contribution in [1.82, 2.24) is 0 Å². The summed E-state index contributed by atoms with van der Waals surface area (Å²) in [7, 11) is -3.80. The molecule has 1 N–H and O–H groups in total. The normalized spacial score (nSPS) is 11.0. The van der Waals surface area contributed by atoms with Gasteiger partial charge in [0.05, 0.1) is 0 Å². The Labute approximate surface area is 41.9 Å². The first-order chi connectivity index (χ1) is 2.56. The fraction of sp³-hybridized carbons (Fsp3) is 0. The molecule has 0 saturated heterocycles. The van der Waals surface area contributed by atoms with Crippen molar-refractivity contribution in [3.8, 4) is 0 Å². The Morgan fingerprint density at radius 2 is 1.83 bits per heavy atom. The van der Waals surface area contributed by atoms with Crippen LogP contribution in [0.4, 0.5) is 0 Å². The van der Waals surface area contributed by atoms with E-state index in [-0.39, 0.29) is 0 Å². The van der Waals surface area contributed by atoms with Crippen LogP contribution in [0.3, 0.4) is 0 Å². The zero-order valence-corrected chi connectivity index (χ0v) is 4.54. The molecule has 0 radical (unpaired) electrons. The van der Waals surface area contributed by atoms with Crippen LogP contribution in [0.5, 0.6) is 0 Å². The molecule has 0 aliphatic rings. The molecule has 0 unspecified atom stereocenters. The number of thiol groups is 1. The average Bonchev–Trinajstić information content (AvgIpc) is 1.35. The Balaban J connectivity index is 3.85. The molecule has 6 heteroatoms. The Bertz CT molecular complexity index is 111. The van der Waals surface area contributed by atoms with E-state index >= 15 is 0 Å². The van der Waals surface area contributed by atoms with Gasteiger partial charge in [0.1, 0.15) is 0 Å². The second-order valence-electron chi connectivity index (χ2n) is 0.711. The highest BCUT2D eigenvalue weighted by Crippen LogP contribution is 1.77. The van der Waals surface area contributed by atoms with E-state index in [1.807, 2.05) is 0 Å². The molecule has 0 rings (SSSR count). The highest BCUT2D eigenvalue weighted by Gasteiger charge is 1.98. The van der Waals surface area contributed by atoms with Crippen LogP contribution in [-0.2, 0) is 9.97 Å². The van der Waals surface area contributed by atoms with Crippen LogP contribution in [-0.4, -0.2) is 18.8 Å². The highest BCUT2D eigenvalue weighted by atomic mass is 32.3. The molecule has 0 aromatic rings. The first kappa shape index (κ1) is 6.32. The molecule has 6 heavy (non-hydrogen) atoms. The zero-order chi connectivity index (χ0) is 5.21. The fourth-order valence-corrected chi connectivity index (χ4v) is 0. The Kier molecular flexibility index (Phi) is 1.96. The fourth-order valence-electron chi connectivity index (χ4n) is 0. The quantitative estimate of drug-likeness (QED) is 0.271. The summed E-state index contributed by atoms with van der Waals surface area (Å²) in [5, 5.41) is 0. The summed E-state index contributed by atoms with van der Waals surface area (Å²) < 4.78 is 26.7. The lowest BCUT2D eigenvalue weighted by molar-refractivity contribution is 0.501. The van der Waals surface area contributed by atoms with Crippen molar-refractivity contribution in [2.75, 3.05) is 0 Å². The maximum atomic E-state index is 9.48. The molecule has 0 fully saturated rings. The van der Waals surface area contributed by atoms with Crippen LogP contribution in [0.25, 0.3) is 0 Å². The first-order valence-electron chi connectivity index (χ1n) is 1.12. The lowest BCUT2D eigenvalue weighted by Gasteiger charge is -1.77. The van der Waals surface area contributed by atoms with E-state index in [0.29, 0.717) is 0 Å². The summed E-state index contributed by atoms with van der Waals surface area (Å²) in [5.74, 6) is -0.507.